The number of rotatable bonds is 5. The predicted molar refractivity (Wildman–Crippen MR) is 95.5 cm³/mol. The first-order chi connectivity index (χ1) is 11.3. The van der Waals surface area contributed by atoms with E-state index in [0.717, 1.165) is 27.8 Å². The lowest BCUT2D eigenvalue weighted by molar-refractivity contribution is 0.0993. The van der Waals surface area contributed by atoms with Crippen LogP contribution in [0.15, 0.2) is 91.5 Å². The molecule has 0 amide bonds. The summed E-state index contributed by atoms with van der Waals surface area (Å²) < 4.78 is 0. The monoisotopic (exact) mass is 298 g/mol. The van der Waals surface area contributed by atoms with E-state index in [4.69, 9.17) is 0 Å². The fourth-order valence-electron chi connectivity index (χ4n) is 2.66. The van der Waals surface area contributed by atoms with Crippen LogP contribution in [0.2, 0.25) is 0 Å². The Kier molecular flexibility index (Phi) is 4.49. The summed E-state index contributed by atoms with van der Waals surface area (Å²) in [5.41, 5.74) is 4.81. The van der Waals surface area contributed by atoms with Crippen molar-refractivity contribution in [1.29, 1.82) is 0 Å². The van der Waals surface area contributed by atoms with Crippen LogP contribution in [-0.2, 0) is 6.42 Å². The van der Waals surface area contributed by atoms with Gasteiger partial charge in [0.25, 0.3) is 0 Å². The second kappa shape index (κ2) is 6.89. The topological polar surface area (TPSA) is 17.1 Å². The third kappa shape index (κ3) is 3.46. The van der Waals surface area contributed by atoms with E-state index in [0.29, 0.717) is 6.42 Å². The lowest BCUT2D eigenvalue weighted by atomic mass is 9.92. The molecule has 0 bridgehead atoms. The highest BCUT2D eigenvalue weighted by molar-refractivity contribution is 5.98. The van der Waals surface area contributed by atoms with Crippen LogP contribution in [0.1, 0.15) is 27.0 Å². The molecular formula is C22H18O. The maximum atomic E-state index is 12.5. The highest BCUT2D eigenvalue weighted by Crippen LogP contribution is 2.25. The largest absolute Gasteiger partial charge is 0.294 e. The van der Waals surface area contributed by atoms with Crippen LogP contribution in [0.3, 0.4) is 0 Å². The molecule has 0 atom stereocenters. The average Bonchev–Trinajstić information content (AvgIpc) is 2.63. The summed E-state index contributed by atoms with van der Waals surface area (Å²) >= 11 is 0. The summed E-state index contributed by atoms with van der Waals surface area (Å²) in [6, 6.07) is 27.5. The normalized spacial score (nSPS) is 10.3. The Morgan fingerprint density at radius 3 is 1.87 bits per heavy atom. The van der Waals surface area contributed by atoms with Crippen LogP contribution in [0.4, 0.5) is 0 Å². The van der Waals surface area contributed by atoms with Gasteiger partial charge in [-0.25, -0.2) is 0 Å². The molecule has 1 heteroatoms. The molecule has 0 heterocycles. The minimum Gasteiger partial charge on any atom is -0.294 e. The first-order valence-electron chi connectivity index (χ1n) is 7.66. The number of hydrogen-bond donors (Lipinski definition) is 0. The summed E-state index contributed by atoms with van der Waals surface area (Å²) in [5.74, 6) is 0.124. The van der Waals surface area contributed by atoms with E-state index in [1.165, 1.54) is 0 Å². The number of hydrogen-bond acceptors (Lipinski definition) is 1. The SMILES string of the molecule is C=C(c1ccccc1)c1ccccc1CC(=O)c1ccccc1. The van der Waals surface area contributed by atoms with Gasteiger partial charge in [-0.3, -0.25) is 4.79 Å². The van der Waals surface area contributed by atoms with E-state index < -0.39 is 0 Å². The molecule has 112 valence electrons. The van der Waals surface area contributed by atoms with Gasteiger partial charge in [0, 0.05) is 12.0 Å². The molecule has 0 spiro atoms. The van der Waals surface area contributed by atoms with Gasteiger partial charge >= 0.3 is 0 Å². The zero-order valence-electron chi connectivity index (χ0n) is 12.9. The van der Waals surface area contributed by atoms with E-state index >= 15 is 0 Å². The van der Waals surface area contributed by atoms with E-state index in [9.17, 15) is 4.79 Å². The van der Waals surface area contributed by atoms with Gasteiger partial charge < -0.3 is 0 Å². The van der Waals surface area contributed by atoms with Gasteiger partial charge in [-0.15, -0.1) is 0 Å². The summed E-state index contributed by atoms with van der Waals surface area (Å²) in [4.78, 5) is 12.5. The van der Waals surface area contributed by atoms with Crippen LogP contribution >= 0.6 is 0 Å². The second-order valence-corrected chi connectivity index (χ2v) is 5.47. The zero-order chi connectivity index (χ0) is 16.1. The Morgan fingerprint density at radius 2 is 1.22 bits per heavy atom. The molecule has 23 heavy (non-hydrogen) atoms. The summed E-state index contributed by atoms with van der Waals surface area (Å²) in [6.45, 7) is 4.22. The van der Waals surface area contributed by atoms with Crippen molar-refractivity contribution in [2.75, 3.05) is 0 Å². The summed E-state index contributed by atoms with van der Waals surface area (Å²) in [5, 5.41) is 0. The molecule has 0 unspecified atom stereocenters. The van der Waals surface area contributed by atoms with Crippen LogP contribution in [0.5, 0.6) is 0 Å². The van der Waals surface area contributed by atoms with Crippen molar-refractivity contribution in [2.24, 2.45) is 0 Å². The first kappa shape index (κ1) is 15.0. The average molecular weight is 298 g/mol. The number of benzene rings is 3. The minimum atomic E-state index is 0.124. The quantitative estimate of drug-likeness (QED) is 0.594. The summed E-state index contributed by atoms with van der Waals surface area (Å²) in [6.07, 6.45) is 0.381. The van der Waals surface area contributed by atoms with Crippen LogP contribution in [0.25, 0.3) is 5.57 Å². The highest BCUT2D eigenvalue weighted by Gasteiger charge is 2.12. The zero-order valence-corrected chi connectivity index (χ0v) is 12.9. The van der Waals surface area contributed by atoms with Gasteiger partial charge in [-0.05, 0) is 22.3 Å². The van der Waals surface area contributed by atoms with Crippen molar-refractivity contribution in [3.63, 3.8) is 0 Å². The van der Waals surface area contributed by atoms with Crippen LogP contribution in [0, 0.1) is 0 Å². The molecule has 1 nitrogen and oxygen atoms in total. The fourth-order valence-corrected chi connectivity index (χ4v) is 2.66. The Labute approximate surface area is 136 Å². The molecule has 0 saturated heterocycles. The van der Waals surface area contributed by atoms with Crippen molar-refractivity contribution in [3.8, 4) is 0 Å². The molecule has 0 N–H and O–H groups in total. The standard InChI is InChI=1S/C22H18O/c1-17(18-10-4-2-5-11-18)21-15-9-8-14-20(21)16-22(23)19-12-6-3-7-13-19/h2-15H,1,16H2. The number of ketones is 1. The Morgan fingerprint density at radius 1 is 0.696 bits per heavy atom. The van der Waals surface area contributed by atoms with E-state index in [1.54, 1.807) is 0 Å². The number of Topliss-reactive ketones (excluding diaryl/α,β-unsaturated/α-hetero) is 1. The van der Waals surface area contributed by atoms with Crippen molar-refractivity contribution >= 4 is 11.4 Å². The summed E-state index contributed by atoms with van der Waals surface area (Å²) in [7, 11) is 0. The van der Waals surface area contributed by atoms with Gasteiger partial charge in [0.15, 0.2) is 5.78 Å². The smallest absolute Gasteiger partial charge is 0.167 e. The van der Waals surface area contributed by atoms with Gasteiger partial charge in [0.2, 0.25) is 0 Å². The van der Waals surface area contributed by atoms with E-state index in [-0.39, 0.29) is 5.78 Å². The lowest BCUT2D eigenvalue weighted by Gasteiger charge is -2.12. The molecule has 3 aromatic rings. The molecule has 3 rings (SSSR count). The minimum absolute atomic E-state index is 0.124. The highest BCUT2D eigenvalue weighted by atomic mass is 16.1. The molecule has 0 aliphatic rings. The van der Waals surface area contributed by atoms with Gasteiger partial charge in [0.05, 0.1) is 0 Å². The molecule has 3 aromatic carbocycles. The second-order valence-electron chi connectivity index (χ2n) is 5.47. The molecule has 0 radical (unpaired) electrons. The first-order valence-corrected chi connectivity index (χ1v) is 7.66. The molecule has 0 aliphatic heterocycles. The lowest BCUT2D eigenvalue weighted by Crippen LogP contribution is -2.05. The van der Waals surface area contributed by atoms with Gasteiger partial charge in [0.1, 0.15) is 0 Å². The number of carbonyl (C=O) groups is 1. The van der Waals surface area contributed by atoms with E-state index in [1.807, 2.05) is 84.9 Å². The fraction of sp³-hybridized carbons (Fsp3) is 0.0455. The van der Waals surface area contributed by atoms with Crippen molar-refractivity contribution in [3.05, 3.63) is 114 Å². The van der Waals surface area contributed by atoms with Crippen LogP contribution in [-0.4, -0.2) is 5.78 Å². The Balaban J connectivity index is 1.90. The molecular weight excluding hydrogens is 280 g/mol. The third-order valence-electron chi connectivity index (χ3n) is 3.91. The molecule has 0 fully saturated rings. The third-order valence-corrected chi connectivity index (χ3v) is 3.91. The van der Waals surface area contributed by atoms with Gasteiger partial charge in [-0.2, -0.15) is 0 Å². The van der Waals surface area contributed by atoms with E-state index in [2.05, 4.69) is 6.58 Å². The van der Waals surface area contributed by atoms with Crippen molar-refractivity contribution in [2.45, 2.75) is 6.42 Å². The maximum absolute atomic E-state index is 12.5. The maximum Gasteiger partial charge on any atom is 0.167 e. The van der Waals surface area contributed by atoms with Crippen LogP contribution < -0.4 is 0 Å². The molecule has 0 aliphatic carbocycles. The Bertz CT molecular complexity index is 817. The molecule has 0 saturated carbocycles. The Hall–Kier alpha value is -2.93. The number of carbonyl (C=O) groups excluding carboxylic acids is 1. The van der Waals surface area contributed by atoms with Crippen molar-refractivity contribution in [1.82, 2.24) is 0 Å². The predicted octanol–water partition coefficient (Wildman–Crippen LogP) is 5.17. The van der Waals surface area contributed by atoms with Crippen molar-refractivity contribution < 1.29 is 4.79 Å². The molecule has 0 aromatic heterocycles. The van der Waals surface area contributed by atoms with Gasteiger partial charge in [-0.1, -0.05) is 91.5 Å².